The van der Waals surface area contributed by atoms with Crippen LogP contribution in [0.3, 0.4) is 0 Å². The number of methoxy groups -OCH3 is 1. The Morgan fingerprint density at radius 3 is 3.12 bits per heavy atom. The maximum Gasteiger partial charge on any atom is 0.230 e. The summed E-state index contributed by atoms with van der Waals surface area (Å²) in [5, 5.41) is 5.34. The lowest BCUT2D eigenvalue weighted by atomic mass is 10.4. The molecule has 0 spiro atoms. The van der Waals surface area contributed by atoms with Crippen LogP contribution in [0.5, 0.6) is 0 Å². The van der Waals surface area contributed by atoms with Crippen molar-refractivity contribution in [2.75, 3.05) is 26.0 Å². The second-order valence-electron chi connectivity index (χ2n) is 3.66. The Labute approximate surface area is 111 Å². The molecule has 0 saturated heterocycles. The number of ether oxygens (including phenoxy) is 1. The van der Waals surface area contributed by atoms with Crippen molar-refractivity contribution in [2.45, 2.75) is 18.6 Å². The maximum absolute atomic E-state index is 11.5. The number of thioether (sulfide) groups is 1. The van der Waals surface area contributed by atoms with E-state index in [0.717, 1.165) is 6.42 Å². The quantitative estimate of drug-likeness (QED) is 0.740. The Kier molecular flexibility index (Phi) is 7.32. The Hall–Kier alpha value is -0.520. The number of hydrogen-bond donors (Lipinski definition) is 1. The highest BCUT2D eigenvalue weighted by molar-refractivity contribution is 8.00. The SMILES string of the molecule is COCCCNC(=O)CS[C@H](C)c1cccs1. The van der Waals surface area contributed by atoms with Crippen molar-refractivity contribution in [3.05, 3.63) is 22.4 Å². The molecule has 1 atom stereocenters. The lowest BCUT2D eigenvalue weighted by Crippen LogP contribution is -2.27. The molecule has 0 fully saturated rings. The molecule has 1 rings (SSSR count). The molecule has 5 heteroatoms. The van der Waals surface area contributed by atoms with E-state index in [1.165, 1.54) is 4.88 Å². The summed E-state index contributed by atoms with van der Waals surface area (Å²) in [5.41, 5.74) is 0. The van der Waals surface area contributed by atoms with Crippen LogP contribution in [0.15, 0.2) is 17.5 Å². The summed E-state index contributed by atoms with van der Waals surface area (Å²) in [4.78, 5) is 12.8. The van der Waals surface area contributed by atoms with Gasteiger partial charge in [-0.15, -0.1) is 23.1 Å². The molecule has 0 aliphatic carbocycles. The summed E-state index contributed by atoms with van der Waals surface area (Å²) in [6, 6.07) is 4.15. The second kappa shape index (κ2) is 8.55. The van der Waals surface area contributed by atoms with Gasteiger partial charge in [0.05, 0.1) is 5.75 Å². The summed E-state index contributed by atoms with van der Waals surface area (Å²) in [7, 11) is 1.67. The number of rotatable bonds is 8. The number of carbonyl (C=O) groups is 1. The Balaban J connectivity index is 2.11. The molecule has 0 aliphatic rings. The summed E-state index contributed by atoms with van der Waals surface area (Å²) in [5.74, 6) is 0.626. The minimum absolute atomic E-state index is 0.106. The molecule has 17 heavy (non-hydrogen) atoms. The first kappa shape index (κ1) is 14.5. The summed E-state index contributed by atoms with van der Waals surface area (Å²) >= 11 is 3.41. The van der Waals surface area contributed by atoms with Crippen molar-refractivity contribution < 1.29 is 9.53 Å². The van der Waals surface area contributed by atoms with Crippen molar-refractivity contribution in [3.63, 3.8) is 0 Å². The molecular weight excluding hydrogens is 254 g/mol. The molecule has 1 N–H and O–H groups in total. The van der Waals surface area contributed by atoms with Crippen molar-refractivity contribution in [2.24, 2.45) is 0 Å². The molecule has 1 heterocycles. The third-order valence-electron chi connectivity index (χ3n) is 2.26. The van der Waals surface area contributed by atoms with Crippen LogP contribution in [-0.4, -0.2) is 31.9 Å². The topological polar surface area (TPSA) is 38.3 Å². The number of carbonyl (C=O) groups excluding carboxylic acids is 1. The summed E-state index contributed by atoms with van der Waals surface area (Å²) < 4.78 is 4.92. The molecule has 0 bridgehead atoms. The van der Waals surface area contributed by atoms with Crippen molar-refractivity contribution in [3.8, 4) is 0 Å². The fourth-order valence-electron chi connectivity index (χ4n) is 1.30. The van der Waals surface area contributed by atoms with Gasteiger partial charge in [0.1, 0.15) is 0 Å². The second-order valence-corrected chi connectivity index (χ2v) is 5.97. The van der Waals surface area contributed by atoms with Crippen molar-refractivity contribution in [1.82, 2.24) is 5.32 Å². The smallest absolute Gasteiger partial charge is 0.230 e. The zero-order chi connectivity index (χ0) is 12.5. The zero-order valence-corrected chi connectivity index (χ0v) is 11.9. The standard InChI is InChI=1S/C12H19NO2S2/c1-10(11-5-3-8-16-11)17-9-12(14)13-6-4-7-15-2/h3,5,8,10H,4,6-7,9H2,1-2H3,(H,13,14)/t10-/m1/s1. The molecule has 1 aromatic rings. The van der Waals surface area contributed by atoms with Crippen LogP contribution in [0.4, 0.5) is 0 Å². The normalized spacial score (nSPS) is 12.4. The van der Waals surface area contributed by atoms with E-state index in [4.69, 9.17) is 4.74 Å². The average molecular weight is 273 g/mol. The number of thiophene rings is 1. The first-order valence-corrected chi connectivity index (χ1v) is 7.57. The number of amides is 1. The number of hydrogen-bond acceptors (Lipinski definition) is 4. The first-order valence-electron chi connectivity index (χ1n) is 5.64. The summed E-state index contributed by atoms with van der Waals surface area (Å²) in [6.07, 6.45) is 0.868. The Morgan fingerprint density at radius 2 is 2.47 bits per heavy atom. The van der Waals surface area contributed by atoms with Gasteiger partial charge in [0.25, 0.3) is 0 Å². The lowest BCUT2D eigenvalue weighted by Gasteiger charge is -2.09. The third kappa shape index (κ3) is 6.10. The van der Waals surface area contributed by atoms with Gasteiger partial charge in [-0.25, -0.2) is 0 Å². The fraction of sp³-hybridized carbons (Fsp3) is 0.583. The van der Waals surface area contributed by atoms with E-state index in [0.29, 0.717) is 24.2 Å². The van der Waals surface area contributed by atoms with E-state index in [-0.39, 0.29) is 5.91 Å². The number of nitrogens with one attached hydrogen (secondary N) is 1. The minimum Gasteiger partial charge on any atom is -0.385 e. The van der Waals surface area contributed by atoms with Gasteiger partial charge < -0.3 is 10.1 Å². The zero-order valence-electron chi connectivity index (χ0n) is 10.3. The Bertz CT molecular complexity index is 314. The van der Waals surface area contributed by atoms with Crippen LogP contribution in [0.2, 0.25) is 0 Å². The highest BCUT2D eigenvalue weighted by atomic mass is 32.2. The van der Waals surface area contributed by atoms with E-state index >= 15 is 0 Å². The van der Waals surface area contributed by atoms with Crippen LogP contribution in [0.25, 0.3) is 0 Å². The van der Waals surface area contributed by atoms with Crippen LogP contribution in [0.1, 0.15) is 23.5 Å². The molecule has 0 saturated carbocycles. The van der Waals surface area contributed by atoms with Crippen LogP contribution >= 0.6 is 23.1 Å². The minimum atomic E-state index is 0.106. The van der Waals surface area contributed by atoms with Gasteiger partial charge in [-0.3, -0.25) is 4.79 Å². The molecule has 96 valence electrons. The van der Waals surface area contributed by atoms with Gasteiger partial charge in [0.15, 0.2) is 0 Å². The van der Waals surface area contributed by atoms with Gasteiger partial charge in [-0.2, -0.15) is 0 Å². The predicted octanol–water partition coefficient (Wildman–Crippen LogP) is 2.70. The molecular formula is C12H19NO2S2. The van der Waals surface area contributed by atoms with Gasteiger partial charge in [0, 0.05) is 30.4 Å². The third-order valence-corrected chi connectivity index (χ3v) is 4.64. The van der Waals surface area contributed by atoms with E-state index in [1.807, 2.05) is 6.07 Å². The van der Waals surface area contributed by atoms with E-state index in [2.05, 4.69) is 23.7 Å². The highest BCUT2D eigenvalue weighted by Crippen LogP contribution is 2.30. The molecule has 1 amide bonds. The monoisotopic (exact) mass is 273 g/mol. The van der Waals surface area contributed by atoms with Crippen LogP contribution in [0, 0.1) is 0 Å². The van der Waals surface area contributed by atoms with Crippen LogP contribution in [-0.2, 0) is 9.53 Å². The summed E-state index contributed by atoms with van der Waals surface area (Å²) in [6.45, 7) is 3.52. The van der Waals surface area contributed by atoms with Crippen LogP contribution < -0.4 is 5.32 Å². The molecule has 1 aromatic heterocycles. The molecule has 0 unspecified atom stereocenters. The molecule has 0 radical (unpaired) electrons. The first-order chi connectivity index (χ1) is 8.24. The largest absolute Gasteiger partial charge is 0.385 e. The van der Waals surface area contributed by atoms with Crippen molar-refractivity contribution >= 4 is 29.0 Å². The van der Waals surface area contributed by atoms with Crippen molar-refractivity contribution in [1.29, 1.82) is 0 Å². The highest BCUT2D eigenvalue weighted by Gasteiger charge is 2.09. The average Bonchev–Trinajstić information content (AvgIpc) is 2.85. The van der Waals surface area contributed by atoms with Gasteiger partial charge in [-0.1, -0.05) is 6.07 Å². The van der Waals surface area contributed by atoms with Gasteiger partial charge in [-0.05, 0) is 24.8 Å². The Morgan fingerprint density at radius 1 is 1.65 bits per heavy atom. The van der Waals surface area contributed by atoms with E-state index in [9.17, 15) is 4.79 Å². The molecule has 0 aromatic carbocycles. The fourth-order valence-corrected chi connectivity index (χ4v) is 3.08. The van der Waals surface area contributed by atoms with Gasteiger partial charge in [0.2, 0.25) is 5.91 Å². The van der Waals surface area contributed by atoms with E-state index in [1.54, 1.807) is 30.2 Å². The maximum atomic E-state index is 11.5. The lowest BCUT2D eigenvalue weighted by molar-refractivity contribution is -0.118. The predicted molar refractivity (Wildman–Crippen MR) is 74.7 cm³/mol. The molecule has 3 nitrogen and oxygen atoms in total. The van der Waals surface area contributed by atoms with Gasteiger partial charge >= 0.3 is 0 Å². The van der Waals surface area contributed by atoms with E-state index < -0.39 is 0 Å². The molecule has 0 aliphatic heterocycles.